The highest BCUT2D eigenvalue weighted by molar-refractivity contribution is 8.00. The number of benzene rings is 2. The second kappa shape index (κ2) is 7.50. The zero-order valence-corrected chi connectivity index (χ0v) is 15.0. The molecular weight excluding hydrogens is 399 g/mol. The van der Waals surface area contributed by atoms with E-state index in [1.165, 1.54) is 6.92 Å². The number of amides is 1. The first kappa shape index (κ1) is 19.7. The van der Waals surface area contributed by atoms with Crippen LogP contribution in [0.2, 0.25) is 0 Å². The fourth-order valence-electron chi connectivity index (χ4n) is 2.33. The van der Waals surface area contributed by atoms with E-state index in [1.54, 1.807) is 24.3 Å². The molecule has 0 radical (unpaired) electrons. The van der Waals surface area contributed by atoms with Crippen LogP contribution < -0.4 is 5.32 Å². The van der Waals surface area contributed by atoms with Crippen LogP contribution in [-0.4, -0.2) is 21.1 Å². The van der Waals surface area contributed by atoms with Gasteiger partial charge in [-0.15, -0.1) is 0 Å². The normalized spacial score (nSPS) is 12.7. The van der Waals surface area contributed by atoms with E-state index >= 15 is 0 Å². The van der Waals surface area contributed by atoms with Gasteiger partial charge in [0.1, 0.15) is 5.52 Å². The molecule has 0 bridgehead atoms. The van der Waals surface area contributed by atoms with E-state index in [9.17, 15) is 28.1 Å². The maximum Gasteiger partial charge on any atom is 0.418 e. The molecule has 1 aromatic heterocycles. The molecule has 3 rings (SSSR count). The number of non-ortho nitro benzene ring substituents is 1. The van der Waals surface area contributed by atoms with E-state index in [1.807, 2.05) is 0 Å². The van der Waals surface area contributed by atoms with E-state index in [0.717, 1.165) is 23.9 Å². The van der Waals surface area contributed by atoms with Gasteiger partial charge in [-0.3, -0.25) is 14.9 Å². The van der Waals surface area contributed by atoms with Crippen molar-refractivity contribution < 1.29 is 27.3 Å². The molecule has 0 spiro atoms. The molecule has 1 N–H and O–H groups in total. The van der Waals surface area contributed by atoms with Crippen molar-refractivity contribution >= 4 is 40.1 Å². The number of alkyl halides is 3. The fourth-order valence-corrected chi connectivity index (χ4v) is 3.09. The lowest BCUT2D eigenvalue weighted by molar-refractivity contribution is -0.385. The highest BCUT2D eigenvalue weighted by atomic mass is 32.2. The number of hydrogen-bond donors (Lipinski definition) is 1. The lowest BCUT2D eigenvalue weighted by Crippen LogP contribution is -2.24. The summed E-state index contributed by atoms with van der Waals surface area (Å²) >= 11 is 0.939. The van der Waals surface area contributed by atoms with Crippen molar-refractivity contribution in [2.24, 2.45) is 0 Å². The number of halogens is 3. The highest BCUT2D eigenvalue weighted by Gasteiger charge is 2.36. The predicted molar refractivity (Wildman–Crippen MR) is 96.1 cm³/mol. The summed E-state index contributed by atoms with van der Waals surface area (Å²) in [5.41, 5.74) is -1.47. The Labute approximate surface area is 160 Å². The SMILES string of the molecule is CC(Sc1nc2ccccc2o1)C(=O)Nc1ccc([N+](=O)[O-])cc1C(F)(F)F. The summed E-state index contributed by atoms with van der Waals surface area (Å²) in [5, 5.41) is 12.3. The van der Waals surface area contributed by atoms with Gasteiger partial charge in [-0.2, -0.15) is 13.2 Å². The Balaban J connectivity index is 1.78. The molecule has 0 fully saturated rings. The summed E-state index contributed by atoms with van der Waals surface area (Å²) in [6.45, 7) is 1.48. The Hall–Kier alpha value is -3.08. The number of hydrogen-bond acceptors (Lipinski definition) is 6. The zero-order valence-electron chi connectivity index (χ0n) is 14.2. The molecule has 146 valence electrons. The number of fused-ring (bicyclic) bond motifs is 1. The topological polar surface area (TPSA) is 98.3 Å². The second-order valence-corrected chi connectivity index (χ2v) is 6.97. The van der Waals surface area contributed by atoms with E-state index in [2.05, 4.69) is 10.3 Å². The molecule has 1 unspecified atom stereocenters. The zero-order chi connectivity index (χ0) is 20.5. The van der Waals surface area contributed by atoms with Crippen molar-refractivity contribution in [2.75, 3.05) is 5.32 Å². The Morgan fingerprint density at radius 2 is 2.00 bits per heavy atom. The minimum Gasteiger partial charge on any atom is -0.431 e. The second-order valence-electron chi connectivity index (χ2n) is 5.68. The number of para-hydroxylation sites is 2. The van der Waals surface area contributed by atoms with Gasteiger partial charge in [0.2, 0.25) is 5.91 Å². The number of nitro benzene ring substituents is 1. The number of nitro groups is 1. The van der Waals surface area contributed by atoms with Gasteiger partial charge in [0.25, 0.3) is 10.9 Å². The van der Waals surface area contributed by atoms with Gasteiger partial charge < -0.3 is 9.73 Å². The van der Waals surface area contributed by atoms with Gasteiger partial charge in [0.15, 0.2) is 5.58 Å². The minimum atomic E-state index is -4.87. The van der Waals surface area contributed by atoms with Crippen molar-refractivity contribution in [3.63, 3.8) is 0 Å². The third-order valence-electron chi connectivity index (χ3n) is 3.70. The Morgan fingerprint density at radius 1 is 1.29 bits per heavy atom. The van der Waals surface area contributed by atoms with Crippen molar-refractivity contribution in [3.8, 4) is 0 Å². The van der Waals surface area contributed by atoms with E-state index in [0.29, 0.717) is 17.2 Å². The van der Waals surface area contributed by atoms with Gasteiger partial charge in [-0.1, -0.05) is 23.9 Å². The Bertz CT molecular complexity index is 1020. The molecule has 28 heavy (non-hydrogen) atoms. The molecule has 0 aliphatic rings. The van der Waals surface area contributed by atoms with E-state index in [-0.39, 0.29) is 5.22 Å². The van der Waals surface area contributed by atoms with Gasteiger partial charge in [0.05, 0.1) is 21.4 Å². The molecule has 2 aromatic carbocycles. The first-order valence-corrected chi connectivity index (χ1v) is 8.72. The number of aromatic nitrogens is 1. The smallest absolute Gasteiger partial charge is 0.418 e. The predicted octanol–water partition coefficient (Wildman–Crippen LogP) is 4.87. The van der Waals surface area contributed by atoms with Crippen LogP contribution in [0, 0.1) is 10.1 Å². The largest absolute Gasteiger partial charge is 0.431 e. The van der Waals surface area contributed by atoms with Crippen LogP contribution in [0.5, 0.6) is 0 Å². The third kappa shape index (κ3) is 4.25. The van der Waals surface area contributed by atoms with Gasteiger partial charge in [-0.25, -0.2) is 4.98 Å². The van der Waals surface area contributed by atoms with E-state index < -0.39 is 39.2 Å². The number of nitrogens with zero attached hydrogens (tertiary/aromatic N) is 2. The monoisotopic (exact) mass is 411 g/mol. The standard InChI is InChI=1S/C17H12F3N3O4S/c1-9(28-16-22-13-4-2-3-5-14(13)27-16)15(24)21-12-7-6-10(23(25)26)8-11(12)17(18,19)20/h2-9H,1H3,(H,21,24). The molecule has 1 atom stereocenters. The number of oxazole rings is 1. The molecular formula is C17H12F3N3O4S. The summed E-state index contributed by atoms with van der Waals surface area (Å²) in [6, 6.07) is 9.07. The number of anilines is 1. The Kier molecular flexibility index (Phi) is 5.27. The van der Waals surface area contributed by atoms with Crippen LogP contribution >= 0.6 is 11.8 Å². The van der Waals surface area contributed by atoms with Gasteiger partial charge in [0, 0.05) is 12.1 Å². The first-order valence-electron chi connectivity index (χ1n) is 7.84. The maximum atomic E-state index is 13.2. The lowest BCUT2D eigenvalue weighted by atomic mass is 10.1. The number of nitrogens with one attached hydrogen (secondary N) is 1. The van der Waals surface area contributed by atoms with Crippen LogP contribution in [0.15, 0.2) is 52.1 Å². The highest BCUT2D eigenvalue weighted by Crippen LogP contribution is 2.37. The van der Waals surface area contributed by atoms with Crippen LogP contribution in [0.25, 0.3) is 11.1 Å². The molecule has 0 aliphatic heterocycles. The Morgan fingerprint density at radius 3 is 2.64 bits per heavy atom. The molecule has 1 heterocycles. The summed E-state index contributed by atoms with van der Waals surface area (Å²) in [7, 11) is 0. The molecule has 11 heteroatoms. The number of rotatable bonds is 5. The molecule has 3 aromatic rings. The van der Waals surface area contributed by atoms with Crippen LogP contribution in [0.3, 0.4) is 0 Å². The number of thioether (sulfide) groups is 1. The molecule has 0 saturated heterocycles. The number of carbonyl (C=O) groups is 1. The number of carbonyl (C=O) groups excluding carboxylic acids is 1. The quantitative estimate of drug-likeness (QED) is 0.365. The molecule has 1 amide bonds. The summed E-state index contributed by atoms with van der Waals surface area (Å²) in [5.74, 6) is -0.730. The van der Waals surface area contributed by atoms with Crippen LogP contribution in [-0.2, 0) is 11.0 Å². The average Bonchev–Trinajstić information content (AvgIpc) is 3.03. The average molecular weight is 411 g/mol. The molecule has 7 nitrogen and oxygen atoms in total. The maximum absolute atomic E-state index is 13.2. The van der Waals surface area contributed by atoms with Crippen LogP contribution in [0.4, 0.5) is 24.5 Å². The van der Waals surface area contributed by atoms with Crippen molar-refractivity contribution in [1.29, 1.82) is 0 Å². The van der Waals surface area contributed by atoms with Crippen molar-refractivity contribution in [2.45, 2.75) is 23.6 Å². The van der Waals surface area contributed by atoms with Crippen molar-refractivity contribution in [1.82, 2.24) is 4.98 Å². The summed E-state index contributed by atoms with van der Waals surface area (Å²) < 4.78 is 45.1. The minimum absolute atomic E-state index is 0.198. The van der Waals surface area contributed by atoms with E-state index in [4.69, 9.17) is 4.42 Å². The van der Waals surface area contributed by atoms with Crippen LogP contribution in [0.1, 0.15) is 12.5 Å². The van der Waals surface area contributed by atoms with Gasteiger partial charge >= 0.3 is 6.18 Å². The molecule has 0 aliphatic carbocycles. The van der Waals surface area contributed by atoms with Gasteiger partial charge in [-0.05, 0) is 25.1 Å². The first-order chi connectivity index (χ1) is 13.1. The fraction of sp³-hybridized carbons (Fsp3) is 0.176. The third-order valence-corrected chi connectivity index (χ3v) is 4.64. The van der Waals surface area contributed by atoms with Crippen molar-refractivity contribution in [3.05, 3.63) is 58.1 Å². The summed E-state index contributed by atoms with van der Waals surface area (Å²) in [6.07, 6.45) is -4.87. The summed E-state index contributed by atoms with van der Waals surface area (Å²) in [4.78, 5) is 26.3. The molecule has 0 saturated carbocycles. The lowest BCUT2D eigenvalue weighted by Gasteiger charge is -2.15.